The summed E-state index contributed by atoms with van der Waals surface area (Å²) in [6.07, 6.45) is 5.70. The van der Waals surface area contributed by atoms with Crippen LogP contribution in [-0.2, 0) is 4.74 Å². The molecular weight excluding hydrogens is 374 g/mol. The van der Waals surface area contributed by atoms with E-state index in [1.165, 1.54) is 6.20 Å². The van der Waals surface area contributed by atoms with Crippen molar-refractivity contribution in [2.75, 3.05) is 10.6 Å². The Bertz CT molecular complexity index is 671. The van der Waals surface area contributed by atoms with E-state index in [0.29, 0.717) is 38.1 Å². The molecule has 0 unspecified atom stereocenters. The lowest BCUT2D eigenvalue weighted by Crippen LogP contribution is -2.32. The van der Waals surface area contributed by atoms with Gasteiger partial charge in [-0.25, -0.2) is 9.78 Å². The molecule has 2 aliphatic carbocycles. The Kier molecular flexibility index (Phi) is 6.95. The van der Waals surface area contributed by atoms with Crippen LogP contribution < -0.4 is 10.6 Å². The number of hydrogen-bond acceptors (Lipinski definition) is 7. The first kappa shape index (κ1) is 20.7. The number of aromatic nitrogens is 2. The second-order valence-electron chi connectivity index (χ2n) is 7.44. The number of halogens is 2. The van der Waals surface area contributed by atoms with Crippen LogP contribution in [0.15, 0.2) is 6.20 Å². The van der Waals surface area contributed by atoms with E-state index >= 15 is 0 Å². The third kappa shape index (κ3) is 5.71. The van der Waals surface area contributed by atoms with Gasteiger partial charge in [0.2, 0.25) is 5.95 Å². The highest BCUT2D eigenvalue weighted by Gasteiger charge is 2.26. The number of rotatable bonds is 7. The third-order valence-corrected chi connectivity index (χ3v) is 5.31. The minimum atomic E-state index is -2.76. The number of carboxylic acids is 1. The number of carbonyl (C=O) groups is 1. The van der Waals surface area contributed by atoms with Gasteiger partial charge in [-0.15, -0.1) is 0 Å². The number of aromatic carboxylic acids is 1. The first-order valence-corrected chi connectivity index (χ1v) is 9.65. The Balaban J connectivity index is 1.63. The normalized spacial score (nSPS) is 28.1. The second kappa shape index (κ2) is 9.42. The third-order valence-electron chi connectivity index (χ3n) is 5.31. The van der Waals surface area contributed by atoms with Crippen molar-refractivity contribution < 1.29 is 28.5 Å². The van der Waals surface area contributed by atoms with Gasteiger partial charge in [0, 0.05) is 18.3 Å². The molecule has 0 amide bonds. The number of hydrogen-bond donors (Lipinski definition) is 4. The van der Waals surface area contributed by atoms with E-state index in [9.17, 15) is 23.8 Å². The average Bonchev–Trinajstić information content (AvgIpc) is 2.63. The molecule has 1 aromatic heterocycles. The van der Waals surface area contributed by atoms with Crippen LogP contribution in [0.1, 0.15) is 61.7 Å². The predicted octanol–water partition coefficient (Wildman–Crippen LogP) is 2.85. The van der Waals surface area contributed by atoms with E-state index in [1.807, 2.05) is 0 Å². The SMILES string of the molecule is O=C(O)c1cnc(NC2CCC(OC(F)F)CC2)nc1N[C@@H]1CCC[C@@H](O)C1. The van der Waals surface area contributed by atoms with E-state index in [1.54, 1.807) is 0 Å². The van der Waals surface area contributed by atoms with Crippen molar-refractivity contribution in [3.63, 3.8) is 0 Å². The zero-order chi connectivity index (χ0) is 20.1. The number of aliphatic hydroxyl groups excluding tert-OH is 1. The minimum Gasteiger partial charge on any atom is -0.477 e. The van der Waals surface area contributed by atoms with E-state index < -0.39 is 24.8 Å². The van der Waals surface area contributed by atoms with Crippen LogP contribution >= 0.6 is 0 Å². The van der Waals surface area contributed by atoms with Crippen molar-refractivity contribution in [2.24, 2.45) is 0 Å². The average molecular weight is 400 g/mol. The summed E-state index contributed by atoms with van der Waals surface area (Å²) in [4.78, 5) is 19.9. The maximum atomic E-state index is 12.3. The summed E-state index contributed by atoms with van der Waals surface area (Å²) in [6, 6.07) is -0.0379. The molecule has 3 rings (SSSR count). The van der Waals surface area contributed by atoms with Crippen LogP contribution in [0.5, 0.6) is 0 Å². The molecule has 0 aliphatic heterocycles. The molecule has 0 saturated heterocycles. The van der Waals surface area contributed by atoms with Gasteiger partial charge in [0.25, 0.3) is 0 Å². The minimum absolute atomic E-state index is 0.0116. The zero-order valence-electron chi connectivity index (χ0n) is 15.5. The number of aliphatic hydroxyl groups is 1. The molecule has 0 spiro atoms. The summed E-state index contributed by atoms with van der Waals surface area (Å²) < 4.78 is 29.2. The Labute approximate surface area is 161 Å². The standard InChI is InChI=1S/C18H26F2N4O4/c19-17(20)28-13-6-4-10(5-7-13)23-18-21-9-14(16(26)27)15(24-18)22-11-2-1-3-12(25)8-11/h9-13,17,25H,1-8H2,(H,26,27)(H2,21,22,23,24)/t10?,11-,12-,13?/m1/s1. The lowest BCUT2D eigenvalue weighted by atomic mass is 9.93. The van der Waals surface area contributed by atoms with Crippen LogP contribution in [0.2, 0.25) is 0 Å². The molecule has 28 heavy (non-hydrogen) atoms. The number of carboxylic acid groups (broad SMARTS) is 1. The van der Waals surface area contributed by atoms with Crippen molar-refractivity contribution in [2.45, 2.75) is 82.3 Å². The largest absolute Gasteiger partial charge is 0.477 e. The van der Waals surface area contributed by atoms with E-state index in [0.717, 1.165) is 19.3 Å². The summed E-state index contributed by atoms with van der Waals surface area (Å²) in [7, 11) is 0. The molecule has 2 atom stereocenters. The molecule has 2 aliphatic rings. The molecule has 0 radical (unpaired) electrons. The Morgan fingerprint density at radius 1 is 1.14 bits per heavy atom. The van der Waals surface area contributed by atoms with Crippen LogP contribution in [-0.4, -0.2) is 57.1 Å². The number of ether oxygens (including phenoxy) is 1. The first-order valence-electron chi connectivity index (χ1n) is 9.65. The van der Waals surface area contributed by atoms with Crippen LogP contribution in [0.25, 0.3) is 0 Å². The van der Waals surface area contributed by atoms with Crippen molar-refractivity contribution in [3.05, 3.63) is 11.8 Å². The van der Waals surface area contributed by atoms with Crippen LogP contribution in [0, 0.1) is 0 Å². The van der Waals surface area contributed by atoms with Crippen molar-refractivity contribution in [3.8, 4) is 0 Å². The number of anilines is 2. The van der Waals surface area contributed by atoms with Gasteiger partial charge >= 0.3 is 12.6 Å². The van der Waals surface area contributed by atoms with Gasteiger partial charge in [0.05, 0.1) is 12.2 Å². The fourth-order valence-corrected chi connectivity index (χ4v) is 3.88. The highest BCUT2D eigenvalue weighted by molar-refractivity contribution is 5.93. The summed E-state index contributed by atoms with van der Waals surface area (Å²) in [5, 5.41) is 25.5. The molecular formula is C18H26F2N4O4. The van der Waals surface area contributed by atoms with E-state index in [4.69, 9.17) is 0 Å². The fourth-order valence-electron chi connectivity index (χ4n) is 3.88. The molecule has 2 fully saturated rings. The number of nitrogens with one attached hydrogen (secondary N) is 2. The maximum absolute atomic E-state index is 12.3. The topological polar surface area (TPSA) is 117 Å². The quantitative estimate of drug-likeness (QED) is 0.552. The summed E-state index contributed by atoms with van der Waals surface area (Å²) >= 11 is 0. The summed E-state index contributed by atoms with van der Waals surface area (Å²) in [5.41, 5.74) is -0.0281. The number of alkyl halides is 2. The van der Waals surface area contributed by atoms with Gasteiger partial charge in [-0.1, -0.05) is 0 Å². The van der Waals surface area contributed by atoms with Crippen molar-refractivity contribution >= 4 is 17.7 Å². The van der Waals surface area contributed by atoms with E-state index in [2.05, 4.69) is 25.3 Å². The van der Waals surface area contributed by atoms with Crippen LogP contribution in [0.4, 0.5) is 20.5 Å². The second-order valence-corrected chi connectivity index (χ2v) is 7.44. The zero-order valence-corrected chi connectivity index (χ0v) is 15.5. The summed E-state index contributed by atoms with van der Waals surface area (Å²) in [5.74, 6) is -0.615. The smallest absolute Gasteiger partial charge is 0.345 e. The van der Waals surface area contributed by atoms with Gasteiger partial charge < -0.3 is 25.6 Å². The van der Waals surface area contributed by atoms with Gasteiger partial charge in [0.15, 0.2) is 0 Å². The monoisotopic (exact) mass is 400 g/mol. The highest BCUT2D eigenvalue weighted by Crippen LogP contribution is 2.26. The molecule has 0 bridgehead atoms. The Morgan fingerprint density at radius 3 is 2.54 bits per heavy atom. The first-order chi connectivity index (χ1) is 13.4. The van der Waals surface area contributed by atoms with Crippen molar-refractivity contribution in [1.29, 1.82) is 0 Å². The molecule has 4 N–H and O–H groups in total. The van der Waals surface area contributed by atoms with Crippen LogP contribution in [0.3, 0.4) is 0 Å². The Hall–Kier alpha value is -2.07. The number of nitrogens with zero attached hydrogens (tertiary/aromatic N) is 2. The molecule has 10 heteroatoms. The van der Waals surface area contributed by atoms with Gasteiger partial charge in [-0.05, 0) is 51.4 Å². The van der Waals surface area contributed by atoms with Gasteiger partial charge in [-0.3, -0.25) is 0 Å². The van der Waals surface area contributed by atoms with Crippen molar-refractivity contribution in [1.82, 2.24) is 9.97 Å². The van der Waals surface area contributed by atoms with Gasteiger partial charge in [0.1, 0.15) is 11.4 Å². The lowest BCUT2D eigenvalue weighted by molar-refractivity contribution is -0.169. The molecule has 2 saturated carbocycles. The Morgan fingerprint density at radius 2 is 1.89 bits per heavy atom. The molecule has 156 valence electrons. The molecule has 0 aromatic carbocycles. The molecule has 1 heterocycles. The summed E-state index contributed by atoms with van der Waals surface area (Å²) in [6.45, 7) is -2.76. The van der Waals surface area contributed by atoms with E-state index in [-0.39, 0.29) is 23.5 Å². The lowest BCUT2D eigenvalue weighted by Gasteiger charge is -2.29. The predicted molar refractivity (Wildman–Crippen MR) is 97.6 cm³/mol. The highest BCUT2D eigenvalue weighted by atomic mass is 19.3. The molecule has 8 nitrogen and oxygen atoms in total. The molecule has 1 aromatic rings. The fraction of sp³-hybridized carbons (Fsp3) is 0.722. The maximum Gasteiger partial charge on any atom is 0.345 e. The van der Waals surface area contributed by atoms with Gasteiger partial charge in [-0.2, -0.15) is 13.8 Å².